The van der Waals surface area contributed by atoms with Crippen molar-refractivity contribution in [2.24, 2.45) is 7.05 Å². The van der Waals surface area contributed by atoms with Crippen LogP contribution in [0, 0.1) is 18.3 Å². The zero-order valence-corrected chi connectivity index (χ0v) is 11.0. The van der Waals surface area contributed by atoms with Crippen LogP contribution in [-0.2, 0) is 13.6 Å². The van der Waals surface area contributed by atoms with Gasteiger partial charge in [-0.1, -0.05) is 11.6 Å². The molecule has 1 aromatic carbocycles. The average molecular weight is 261 g/mol. The average Bonchev–Trinajstić information content (AvgIpc) is 2.66. The highest BCUT2D eigenvalue weighted by molar-refractivity contribution is 6.30. The molecule has 0 atom stereocenters. The fourth-order valence-corrected chi connectivity index (χ4v) is 1.95. The molecule has 0 saturated heterocycles. The van der Waals surface area contributed by atoms with Crippen LogP contribution in [0.3, 0.4) is 0 Å². The van der Waals surface area contributed by atoms with Crippen LogP contribution in [0.5, 0.6) is 0 Å². The number of aryl methyl sites for hydroxylation is 2. The number of nitrogens with one attached hydrogen (secondary N) is 1. The monoisotopic (exact) mass is 260 g/mol. The third-order valence-corrected chi connectivity index (χ3v) is 2.92. The van der Waals surface area contributed by atoms with E-state index in [4.69, 9.17) is 16.9 Å². The highest BCUT2D eigenvalue weighted by Gasteiger charge is 2.05. The molecule has 0 amide bonds. The summed E-state index contributed by atoms with van der Waals surface area (Å²) in [5.74, 6) is 0. The number of halogens is 1. The summed E-state index contributed by atoms with van der Waals surface area (Å²) in [5, 5.41) is 17.1. The van der Waals surface area contributed by atoms with Crippen molar-refractivity contribution in [1.82, 2.24) is 9.78 Å². The van der Waals surface area contributed by atoms with Crippen molar-refractivity contribution in [3.8, 4) is 6.07 Å². The third kappa shape index (κ3) is 2.63. The van der Waals surface area contributed by atoms with Crippen molar-refractivity contribution in [2.75, 3.05) is 5.32 Å². The molecule has 92 valence electrons. The Balaban J connectivity index is 2.16. The molecule has 0 bridgehead atoms. The van der Waals surface area contributed by atoms with E-state index in [1.807, 2.05) is 26.2 Å². The molecule has 1 heterocycles. The van der Waals surface area contributed by atoms with E-state index in [9.17, 15) is 0 Å². The van der Waals surface area contributed by atoms with Gasteiger partial charge in [0.15, 0.2) is 0 Å². The van der Waals surface area contributed by atoms with Crippen LogP contribution in [0.4, 0.5) is 5.69 Å². The number of nitrogens with zero attached hydrogens (tertiary/aromatic N) is 3. The summed E-state index contributed by atoms with van der Waals surface area (Å²) >= 11 is 5.85. The summed E-state index contributed by atoms with van der Waals surface area (Å²) in [4.78, 5) is 0. The number of anilines is 1. The Morgan fingerprint density at radius 2 is 2.28 bits per heavy atom. The van der Waals surface area contributed by atoms with Crippen LogP contribution in [0.1, 0.15) is 16.8 Å². The van der Waals surface area contributed by atoms with Crippen LogP contribution >= 0.6 is 11.6 Å². The molecule has 0 unspecified atom stereocenters. The number of hydrogen-bond acceptors (Lipinski definition) is 3. The lowest BCUT2D eigenvalue weighted by molar-refractivity contribution is 0.756. The lowest BCUT2D eigenvalue weighted by Gasteiger charge is -2.07. The maximum Gasteiger partial charge on any atom is 0.101 e. The predicted octanol–water partition coefficient (Wildman–Crippen LogP) is 2.87. The Morgan fingerprint density at radius 3 is 2.89 bits per heavy atom. The SMILES string of the molecule is Cc1nn(C)cc1CNc1ccc(Cl)cc1C#N. The Kier molecular flexibility index (Phi) is 3.54. The van der Waals surface area contributed by atoms with Crippen LogP contribution in [-0.4, -0.2) is 9.78 Å². The number of hydrogen-bond donors (Lipinski definition) is 1. The molecule has 4 nitrogen and oxygen atoms in total. The van der Waals surface area contributed by atoms with Crippen molar-refractivity contribution < 1.29 is 0 Å². The molecule has 18 heavy (non-hydrogen) atoms. The van der Waals surface area contributed by atoms with Crippen LogP contribution in [0.2, 0.25) is 5.02 Å². The van der Waals surface area contributed by atoms with Crippen LogP contribution < -0.4 is 5.32 Å². The fraction of sp³-hybridized carbons (Fsp3) is 0.231. The van der Waals surface area contributed by atoms with E-state index in [0.29, 0.717) is 17.1 Å². The van der Waals surface area contributed by atoms with Gasteiger partial charge in [0.1, 0.15) is 6.07 Å². The van der Waals surface area contributed by atoms with Gasteiger partial charge in [-0.25, -0.2) is 0 Å². The second-order valence-corrected chi connectivity index (χ2v) is 4.51. The van der Waals surface area contributed by atoms with Crippen molar-refractivity contribution in [3.05, 3.63) is 46.2 Å². The molecule has 0 fully saturated rings. The van der Waals surface area contributed by atoms with Crippen LogP contribution in [0.25, 0.3) is 0 Å². The molecule has 0 aliphatic rings. The molecular weight excluding hydrogens is 248 g/mol. The van der Waals surface area contributed by atoms with Crippen LogP contribution in [0.15, 0.2) is 24.4 Å². The Labute approximate surface area is 111 Å². The standard InChI is InChI=1S/C13H13ClN4/c1-9-11(8-18(2)17-9)7-16-13-4-3-12(14)5-10(13)6-15/h3-5,8,16H,7H2,1-2H3. The second kappa shape index (κ2) is 5.11. The highest BCUT2D eigenvalue weighted by atomic mass is 35.5. The summed E-state index contributed by atoms with van der Waals surface area (Å²) in [6.45, 7) is 2.60. The molecule has 1 N–H and O–H groups in total. The van der Waals surface area contributed by atoms with Crippen molar-refractivity contribution >= 4 is 17.3 Å². The van der Waals surface area contributed by atoms with Gasteiger partial charge < -0.3 is 5.32 Å². The minimum absolute atomic E-state index is 0.545. The van der Waals surface area contributed by atoms with Gasteiger partial charge >= 0.3 is 0 Å². The molecule has 0 spiro atoms. The van der Waals surface area contributed by atoms with Gasteiger partial charge in [-0.3, -0.25) is 4.68 Å². The second-order valence-electron chi connectivity index (χ2n) is 4.07. The van der Waals surface area contributed by atoms with E-state index < -0.39 is 0 Å². The summed E-state index contributed by atoms with van der Waals surface area (Å²) < 4.78 is 1.78. The molecule has 0 saturated carbocycles. The first-order valence-electron chi connectivity index (χ1n) is 5.53. The quantitative estimate of drug-likeness (QED) is 0.923. The summed E-state index contributed by atoms with van der Waals surface area (Å²) in [6, 6.07) is 7.35. The largest absolute Gasteiger partial charge is 0.380 e. The maximum atomic E-state index is 9.03. The van der Waals surface area contributed by atoms with Crippen molar-refractivity contribution in [1.29, 1.82) is 5.26 Å². The third-order valence-electron chi connectivity index (χ3n) is 2.69. The van der Waals surface area contributed by atoms with Gasteiger partial charge in [-0.15, -0.1) is 0 Å². The topological polar surface area (TPSA) is 53.6 Å². The Hall–Kier alpha value is -1.99. The lowest BCUT2D eigenvalue weighted by Crippen LogP contribution is -2.01. The number of aromatic nitrogens is 2. The first-order chi connectivity index (χ1) is 8.60. The van der Waals surface area contributed by atoms with Gasteiger partial charge in [0.25, 0.3) is 0 Å². The number of benzene rings is 1. The molecule has 1 aromatic heterocycles. The molecular formula is C13H13ClN4. The van der Waals surface area contributed by atoms with Gasteiger partial charge in [-0.05, 0) is 25.1 Å². The lowest BCUT2D eigenvalue weighted by atomic mass is 10.2. The molecule has 2 aromatic rings. The first-order valence-corrected chi connectivity index (χ1v) is 5.90. The zero-order chi connectivity index (χ0) is 13.1. The van der Waals surface area contributed by atoms with Gasteiger partial charge in [0.2, 0.25) is 0 Å². The number of nitriles is 1. The molecule has 0 radical (unpaired) electrons. The molecule has 2 rings (SSSR count). The molecule has 0 aliphatic heterocycles. The minimum atomic E-state index is 0.545. The van der Waals surface area contributed by atoms with E-state index in [1.54, 1.807) is 16.8 Å². The zero-order valence-electron chi connectivity index (χ0n) is 10.2. The molecule has 0 aliphatic carbocycles. The highest BCUT2D eigenvalue weighted by Crippen LogP contribution is 2.20. The van der Waals surface area contributed by atoms with Gasteiger partial charge in [-0.2, -0.15) is 10.4 Å². The predicted molar refractivity (Wildman–Crippen MR) is 71.4 cm³/mol. The van der Waals surface area contributed by atoms with Crippen molar-refractivity contribution in [3.63, 3.8) is 0 Å². The van der Waals surface area contributed by atoms with E-state index in [1.165, 1.54) is 0 Å². The summed E-state index contributed by atoms with van der Waals surface area (Å²) in [7, 11) is 1.89. The maximum absolute atomic E-state index is 9.03. The Bertz CT molecular complexity index is 610. The fourth-order valence-electron chi connectivity index (χ4n) is 1.78. The van der Waals surface area contributed by atoms with E-state index in [2.05, 4.69) is 16.5 Å². The normalized spacial score (nSPS) is 10.1. The van der Waals surface area contributed by atoms with Crippen molar-refractivity contribution in [2.45, 2.75) is 13.5 Å². The minimum Gasteiger partial charge on any atom is -0.380 e. The summed E-state index contributed by atoms with van der Waals surface area (Å²) in [5.41, 5.74) is 3.42. The summed E-state index contributed by atoms with van der Waals surface area (Å²) in [6.07, 6.45) is 1.96. The van der Waals surface area contributed by atoms with E-state index in [-0.39, 0.29) is 0 Å². The smallest absolute Gasteiger partial charge is 0.101 e. The van der Waals surface area contributed by atoms with E-state index >= 15 is 0 Å². The molecule has 5 heteroatoms. The first kappa shape index (κ1) is 12.5. The van der Waals surface area contributed by atoms with Gasteiger partial charge in [0.05, 0.1) is 16.9 Å². The Morgan fingerprint density at radius 1 is 1.50 bits per heavy atom. The number of rotatable bonds is 3. The van der Waals surface area contributed by atoms with E-state index in [0.717, 1.165) is 16.9 Å². The van der Waals surface area contributed by atoms with Gasteiger partial charge in [0, 0.05) is 30.4 Å².